The van der Waals surface area contributed by atoms with E-state index in [1.54, 1.807) is 7.11 Å². The second kappa shape index (κ2) is 33.9. The summed E-state index contributed by atoms with van der Waals surface area (Å²) < 4.78 is 5.32. The van der Waals surface area contributed by atoms with E-state index in [4.69, 9.17) is 19.7 Å². The number of pyridine rings is 3. The van der Waals surface area contributed by atoms with Crippen LogP contribution in [0.4, 0.5) is 17.1 Å². The summed E-state index contributed by atoms with van der Waals surface area (Å²) in [6, 6.07) is 113. The lowest BCUT2D eigenvalue weighted by molar-refractivity contribution is 0.415. The Hall–Kier alpha value is -11.9. The van der Waals surface area contributed by atoms with E-state index in [9.17, 15) is 0 Å². The molecule has 7 nitrogen and oxygen atoms in total. The van der Waals surface area contributed by atoms with E-state index < -0.39 is 0 Å². The first kappa shape index (κ1) is 73.4. The van der Waals surface area contributed by atoms with E-state index >= 15 is 0 Å². The predicted octanol–water partition coefficient (Wildman–Crippen LogP) is 26.3. The molecule has 0 fully saturated rings. The van der Waals surface area contributed by atoms with E-state index in [0.29, 0.717) is 11.8 Å². The van der Waals surface area contributed by atoms with Crippen LogP contribution in [0.2, 0.25) is 0 Å². The molecule has 15 aromatic rings. The summed E-state index contributed by atoms with van der Waals surface area (Å²) in [6.07, 6.45) is 1.94. The fourth-order valence-electron chi connectivity index (χ4n) is 14.8. The van der Waals surface area contributed by atoms with Gasteiger partial charge in [0.15, 0.2) is 0 Å². The maximum atomic E-state index is 5.32. The van der Waals surface area contributed by atoms with Crippen molar-refractivity contribution in [2.75, 3.05) is 23.1 Å². The molecule has 15 rings (SSSR count). The van der Waals surface area contributed by atoms with Crippen molar-refractivity contribution in [3.05, 3.63) is 389 Å². The van der Waals surface area contributed by atoms with Crippen molar-refractivity contribution in [2.24, 2.45) is 0 Å². The number of aromatic nitrogens is 3. The molecule has 0 aliphatic rings. The van der Waals surface area contributed by atoms with Crippen LogP contribution in [-0.4, -0.2) is 22.1 Å². The first-order chi connectivity index (χ1) is 52.2. The summed E-state index contributed by atoms with van der Waals surface area (Å²) in [5.41, 5.74) is 24.4. The third kappa shape index (κ3) is 16.9. The maximum absolute atomic E-state index is 5.32. The minimum Gasteiger partial charge on any atom is -0.497 e. The number of para-hydroxylation sites is 3. The smallest absolute Gasteiger partial charge is 0.118 e. The van der Waals surface area contributed by atoms with Crippen LogP contribution in [-0.2, 0) is 18.3 Å². The van der Waals surface area contributed by atoms with Crippen molar-refractivity contribution >= 4 is 49.4 Å². The van der Waals surface area contributed by atoms with Crippen LogP contribution in [0.3, 0.4) is 0 Å². The Balaban J connectivity index is 0.000000142. The lowest BCUT2D eigenvalue weighted by atomic mass is 9.84. The zero-order valence-electron chi connectivity index (χ0n) is 63.7. The number of nitrogens with one attached hydrogen (secondary N) is 3. The van der Waals surface area contributed by atoms with Crippen molar-refractivity contribution in [3.63, 3.8) is 0 Å². The van der Waals surface area contributed by atoms with E-state index in [2.05, 4.69) is 389 Å². The number of nitrogens with zero attached hydrogens (tertiary/aromatic N) is 3. The monoisotopic (exact) mass is 1400 g/mol. The standard InChI is InChI=1S/C36H32N2.C33H32N2.C31H34N2O/c1-3-25-17-12-18-26(4-2)35(25)38-36(34-23-13-22-33(37-34)27-14-6-5-7-15-27)32-24-28-16-8-9-19-29(28)30-20-10-11-21-31(30)32;1-23-13-10-20-28(33(2,3)4)31(23)35-32(25-15-6-5-7-16-25)30-22-12-21-29(34-30)27-19-11-17-24-14-8-9-18-26(24)27;1-21(2)26-13-9-14-27(22(3)4)31(26)33-30(24-11-7-6-8-12-24)29-16-10-15-28(32-29)23-17-19-25(34-5)20-18-23/h5-24,36,38H,3-4H2,1-2H3;5-22,32,35H,1-4H3;6-22,30,33H,1-5H3. The molecule has 3 unspecified atom stereocenters. The second-order valence-electron chi connectivity index (χ2n) is 29.3. The molecule has 107 heavy (non-hydrogen) atoms. The van der Waals surface area contributed by atoms with Gasteiger partial charge in [0.1, 0.15) is 5.75 Å². The summed E-state index contributed by atoms with van der Waals surface area (Å²) in [7, 11) is 1.68. The first-order valence-corrected chi connectivity index (χ1v) is 37.9. The Morgan fingerprint density at radius 2 is 0.776 bits per heavy atom. The Morgan fingerprint density at radius 1 is 0.346 bits per heavy atom. The topological polar surface area (TPSA) is 84.0 Å². The van der Waals surface area contributed by atoms with Crippen molar-refractivity contribution < 1.29 is 4.74 Å². The van der Waals surface area contributed by atoms with Crippen LogP contribution in [0.25, 0.3) is 66.1 Å². The summed E-state index contributed by atoms with van der Waals surface area (Å²) in [4.78, 5) is 15.6. The molecule has 0 bridgehead atoms. The molecular weight excluding hydrogens is 1300 g/mol. The van der Waals surface area contributed by atoms with Crippen LogP contribution in [0, 0.1) is 6.92 Å². The predicted molar refractivity (Wildman–Crippen MR) is 454 cm³/mol. The highest BCUT2D eigenvalue weighted by atomic mass is 16.5. The highest BCUT2D eigenvalue weighted by Crippen LogP contribution is 2.42. The Kier molecular flexibility index (Phi) is 23.2. The number of anilines is 3. The molecule has 7 heteroatoms. The van der Waals surface area contributed by atoms with Crippen LogP contribution < -0.4 is 20.7 Å². The largest absolute Gasteiger partial charge is 0.497 e. The summed E-state index contributed by atoms with van der Waals surface area (Å²) >= 11 is 0. The fourth-order valence-corrected chi connectivity index (χ4v) is 14.8. The van der Waals surface area contributed by atoms with Crippen LogP contribution in [0.15, 0.2) is 322 Å². The van der Waals surface area contributed by atoms with Gasteiger partial charge in [0.25, 0.3) is 0 Å². The van der Waals surface area contributed by atoms with Crippen molar-refractivity contribution in [3.8, 4) is 39.5 Å². The number of benzene rings is 12. The van der Waals surface area contributed by atoms with Gasteiger partial charge in [0.2, 0.25) is 0 Å². The normalized spacial score (nSPS) is 12.2. The van der Waals surface area contributed by atoms with E-state index in [1.165, 1.54) is 99.5 Å². The number of rotatable bonds is 20. The van der Waals surface area contributed by atoms with Crippen molar-refractivity contribution in [1.82, 2.24) is 15.0 Å². The summed E-state index contributed by atoms with van der Waals surface area (Å²) in [6.45, 7) is 22.5. The number of ether oxygens (including phenoxy) is 1. The molecule has 0 saturated heterocycles. The number of fused-ring (bicyclic) bond motifs is 4. The number of hydrogen-bond donors (Lipinski definition) is 3. The molecule has 0 aliphatic carbocycles. The highest BCUT2D eigenvalue weighted by Gasteiger charge is 2.27. The van der Waals surface area contributed by atoms with E-state index in [-0.39, 0.29) is 23.5 Å². The van der Waals surface area contributed by atoms with Gasteiger partial charge in [0, 0.05) is 33.8 Å². The van der Waals surface area contributed by atoms with Gasteiger partial charge in [0.05, 0.1) is 59.4 Å². The van der Waals surface area contributed by atoms with Gasteiger partial charge in [-0.25, -0.2) is 0 Å². The Morgan fingerprint density at radius 3 is 1.34 bits per heavy atom. The molecule has 12 aromatic carbocycles. The maximum Gasteiger partial charge on any atom is 0.118 e. The van der Waals surface area contributed by atoms with E-state index in [0.717, 1.165) is 69.4 Å². The Bertz CT molecular complexity index is 5420. The summed E-state index contributed by atoms with van der Waals surface area (Å²) in [5, 5.41) is 19.3. The Labute approximate surface area is 633 Å². The van der Waals surface area contributed by atoms with Gasteiger partial charge in [-0.1, -0.05) is 317 Å². The summed E-state index contributed by atoms with van der Waals surface area (Å²) in [5.74, 6) is 1.67. The van der Waals surface area contributed by atoms with Crippen LogP contribution in [0.5, 0.6) is 5.75 Å². The fraction of sp³-hybridized carbons (Fsp3) is 0.190. The SMILES string of the molecule is CCc1cccc(CC)c1NC(c1cccc(-c2ccccc2)n1)c1cc2ccccc2c2ccccc12.COc1ccc(-c2cccc(C(Nc3c(C(C)C)cccc3C(C)C)c3ccccc3)n2)cc1.Cc1cccc(C(C)(C)C)c1NC(c1ccccc1)c1cccc(-c2cccc3ccccc23)n1. The van der Waals surface area contributed by atoms with Gasteiger partial charge in [-0.15, -0.1) is 0 Å². The van der Waals surface area contributed by atoms with E-state index in [1.807, 2.05) is 18.2 Å². The average Bonchev–Trinajstić information content (AvgIpc) is 0.780. The lowest BCUT2D eigenvalue weighted by Gasteiger charge is -2.29. The lowest BCUT2D eigenvalue weighted by Crippen LogP contribution is -2.20. The van der Waals surface area contributed by atoms with Gasteiger partial charge >= 0.3 is 0 Å². The minimum absolute atomic E-state index is 0.0216. The highest BCUT2D eigenvalue weighted by molar-refractivity contribution is 6.09. The molecule has 0 spiro atoms. The van der Waals surface area contributed by atoms with Crippen LogP contribution in [0.1, 0.15) is 159 Å². The van der Waals surface area contributed by atoms with Crippen molar-refractivity contribution in [1.29, 1.82) is 0 Å². The number of aryl methyl sites for hydroxylation is 3. The van der Waals surface area contributed by atoms with Gasteiger partial charge < -0.3 is 20.7 Å². The zero-order chi connectivity index (χ0) is 74.4. The van der Waals surface area contributed by atoms with Gasteiger partial charge in [-0.05, 0) is 186 Å². The quantitative estimate of drug-likeness (QED) is 0.0656. The van der Waals surface area contributed by atoms with Crippen LogP contribution >= 0.6 is 0 Å². The molecule has 0 aliphatic heterocycles. The third-order valence-corrected chi connectivity index (χ3v) is 20.4. The zero-order valence-corrected chi connectivity index (χ0v) is 63.7. The molecule has 3 heterocycles. The third-order valence-electron chi connectivity index (χ3n) is 20.4. The molecular formula is C100H98N6O. The van der Waals surface area contributed by atoms with Gasteiger partial charge in [-0.2, -0.15) is 0 Å². The van der Waals surface area contributed by atoms with Gasteiger partial charge in [-0.3, -0.25) is 15.0 Å². The second-order valence-corrected chi connectivity index (χ2v) is 29.3. The molecule has 0 radical (unpaired) electrons. The van der Waals surface area contributed by atoms with Crippen molar-refractivity contribution in [2.45, 2.75) is 117 Å². The number of methoxy groups -OCH3 is 1. The number of hydrogen-bond acceptors (Lipinski definition) is 7. The molecule has 3 atom stereocenters. The molecule has 3 aromatic heterocycles. The minimum atomic E-state index is -0.119. The molecule has 534 valence electrons. The first-order valence-electron chi connectivity index (χ1n) is 37.9. The molecule has 0 saturated carbocycles. The molecule has 3 N–H and O–H groups in total. The average molecular weight is 1400 g/mol. The molecule has 0 amide bonds.